The number of esters is 1. The minimum absolute atomic E-state index is 0.309. The number of carbonyl (C=O) groups excluding carboxylic acids is 1. The first-order valence-electron chi connectivity index (χ1n) is 6.87. The van der Waals surface area contributed by atoms with Crippen LogP contribution < -0.4 is 0 Å². The summed E-state index contributed by atoms with van der Waals surface area (Å²) < 4.78 is 5.89. The Labute approximate surface area is 118 Å². The number of carbonyl (C=O) groups is 1. The van der Waals surface area contributed by atoms with Crippen LogP contribution in [0.1, 0.15) is 38.1 Å². The van der Waals surface area contributed by atoms with Gasteiger partial charge >= 0.3 is 5.97 Å². The Morgan fingerprint density at radius 2 is 1.79 bits per heavy atom. The number of ether oxygens (including phenoxy) is 1. The summed E-state index contributed by atoms with van der Waals surface area (Å²) in [6.45, 7) is 9.23. The summed E-state index contributed by atoms with van der Waals surface area (Å²) in [5.74, 6) is -0.309. The van der Waals surface area contributed by atoms with Gasteiger partial charge in [-0.1, -0.05) is 27.7 Å². The summed E-state index contributed by atoms with van der Waals surface area (Å²) in [5, 5.41) is 0. The van der Waals surface area contributed by atoms with Crippen LogP contribution in [0, 0.1) is 0 Å². The molecule has 19 heavy (non-hydrogen) atoms. The number of aromatic nitrogens is 1. The average molecular weight is 269 g/mol. The maximum atomic E-state index is 11.5. The lowest BCUT2D eigenvalue weighted by molar-refractivity contribution is -0.870. The predicted molar refractivity (Wildman–Crippen MR) is 80.1 cm³/mol. The van der Waals surface area contributed by atoms with Gasteiger partial charge in [-0.05, 0) is 12.1 Å². The third-order valence-corrected chi connectivity index (χ3v) is 1.89. The molecule has 0 amide bonds. The molecule has 0 fully saturated rings. The van der Waals surface area contributed by atoms with Crippen LogP contribution in [0.15, 0.2) is 24.5 Å². The van der Waals surface area contributed by atoms with Crippen molar-refractivity contribution in [2.75, 3.05) is 34.3 Å². The van der Waals surface area contributed by atoms with Crippen molar-refractivity contribution in [1.82, 2.24) is 4.98 Å². The van der Waals surface area contributed by atoms with Gasteiger partial charge in [0.2, 0.25) is 0 Å². The highest BCUT2D eigenvalue weighted by atomic mass is 16.5. The highest BCUT2D eigenvalue weighted by molar-refractivity contribution is 5.88. The molecular weight excluding hydrogens is 240 g/mol. The van der Waals surface area contributed by atoms with Crippen LogP contribution in [0.5, 0.6) is 0 Å². The van der Waals surface area contributed by atoms with Gasteiger partial charge in [0.25, 0.3) is 0 Å². The number of hydrogen-bond acceptors (Lipinski definition) is 3. The molecule has 0 N–H and O–H groups in total. The van der Waals surface area contributed by atoms with Crippen molar-refractivity contribution in [2.24, 2.45) is 0 Å². The molecule has 0 aliphatic carbocycles. The number of likely N-dealkylation sites (N-methyl/N-ethyl adjacent to an activating group) is 1. The first-order chi connectivity index (χ1) is 8.99. The zero-order valence-electron chi connectivity index (χ0n) is 13.4. The zero-order valence-corrected chi connectivity index (χ0v) is 13.4. The molecule has 1 aromatic heterocycles. The van der Waals surface area contributed by atoms with Crippen LogP contribution in [0.3, 0.4) is 0 Å². The third kappa shape index (κ3) is 11.4. The molecule has 0 aliphatic rings. The predicted octanol–water partition coefficient (Wildman–Crippen LogP) is 3.00. The number of rotatable bonds is 4. The van der Waals surface area contributed by atoms with Crippen LogP contribution in [0.4, 0.5) is 0 Å². The van der Waals surface area contributed by atoms with Crippen LogP contribution in [0.25, 0.3) is 0 Å². The lowest BCUT2D eigenvalue weighted by Gasteiger charge is -2.23. The van der Waals surface area contributed by atoms with E-state index in [1.807, 2.05) is 27.7 Å². The van der Waals surface area contributed by atoms with E-state index in [2.05, 4.69) is 26.1 Å². The summed E-state index contributed by atoms with van der Waals surface area (Å²) >= 11 is 0. The van der Waals surface area contributed by atoms with E-state index in [4.69, 9.17) is 4.74 Å². The Hall–Kier alpha value is -1.42. The van der Waals surface area contributed by atoms with Crippen LogP contribution in [-0.4, -0.2) is 49.7 Å². The standard InChI is InChI=1S/C11H17N2O2.2C2H6/c1-13(2,3)7-8-15-11(14)10-5-4-6-12-9-10;2*1-2/h4-6,9H,7-8H2,1-3H3;2*1-2H3/q+1;;. The van der Waals surface area contributed by atoms with Crippen molar-refractivity contribution in [3.8, 4) is 0 Å². The van der Waals surface area contributed by atoms with E-state index < -0.39 is 0 Å². The number of pyridine rings is 1. The molecule has 1 aromatic rings. The lowest BCUT2D eigenvalue weighted by atomic mass is 10.3. The fraction of sp³-hybridized carbons (Fsp3) is 0.600. The third-order valence-electron chi connectivity index (χ3n) is 1.89. The lowest BCUT2D eigenvalue weighted by Crippen LogP contribution is -2.38. The second-order valence-electron chi connectivity index (χ2n) is 4.39. The molecule has 0 radical (unpaired) electrons. The Balaban J connectivity index is 0. The van der Waals surface area contributed by atoms with E-state index >= 15 is 0 Å². The summed E-state index contributed by atoms with van der Waals surface area (Å²) in [5.41, 5.74) is 0.499. The quantitative estimate of drug-likeness (QED) is 0.623. The molecule has 4 heteroatoms. The molecule has 0 bridgehead atoms. The SMILES string of the molecule is CC.CC.C[N+](C)(C)CCOC(=O)c1cccnc1. The smallest absolute Gasteiger partial charge is 0.339 e. The molecule has 0 unspecified atom stereocenters. The minimum atomic E-state index is -0.309. The van der Waals surface area contributed by atoms with Crippen molar-refractivity contribution >= 4 is 5.97 Å². The normalized spacial score (nSPS) is 9.42. The van der Waals surface area contributed by atoms with Gasteiger partial charge in [0.15, 0.2) is 0 Å². The Kier molecular flexibility index (Phi) is 12.2. The van der Waals surface area contributed by atoms with E-state index in [1.54, 1.807) is 18.3 Å². The van der Waals surface area contributed by atoms with E-state index in [0.717, 1.165) is 11.0 Å². The van der Waals surface area contributed by atoms with Gasteiger partial charge in [-0.25, -0.2) is 4.79 Å². The number of hydrogen-bond donors (Lipinski definition) is 0. The first-order valence-corrected chi connectivity index (χ1v) is 6.87. The van der Waals surface area contributed by atoms with Gasteiger partial charge in [-0.2, -0.15) is 0 Å². The van der Waals surface area contributed by atoms with E-state index in [0.29, 0.717) is 12.2 Å². The second kappa shape index (κ2) is 11.7. The van der Waals surface area contributed by atoms with E-state index in [9.17, 15) is 4.79 Å². The highest BCUT2D eigenvalue weighted by Crippen LogP contribution is 1.99. The maximum absolute atomic E-state index is 11.5. The summed E-state index contributed by atoms with van der Waals surface area (Å²) in [6.07, 6.45) is 3.14. The van der Waals surface area contributed by atoms with Crippen LogP contribution in [-0.2, 0) is 4.74 Å². The fourth-order valence-corrected chi connectivity index (χ4v) is 0.979. The van der Waals surface area contributed by atoms with Gasteiger partial charge in [-0.15, -0.1) is 0 Å². The van der Waals surface area contributed by atoms with Crippen LogP contribution >= 0.6 is 0 Å². The molecule has 0 saturated heterocycles. The van der Waals surface area contributed by atoms with Gasteiger partial charge < -0.3 is 9.22 Å². The minimum Gasteiger partial charge on any atom is -0.456 e. The van der Waals surface area contributed by atoms with Crippen molar-refractivity contribution in [3.05, 3.63) is 30.1 Å². The van der Waals surface area contributed by atoms with E-state index in [1.165, 1.54) is 6.20 Å². The van der Waals surface area contributed by atoms with Crippen molar-refractivity contribution < 1.29 is 14.0 Å². The monoisotopic (exact) mass is 269 g/mol. The molecule has 0 atom stereocenters. The number of quaternary nitrogens is 1. The molecule has 0 saturated carbocycles. The zero-order chi connectivity index (χ0) is 15.3. The molecule has 110 valence electrons. The fourth-order valence-electron chi connectivity index (χ4n) is 0.979. The molecule has 0 aliphatic heterocycles. The second-order valence-corrected chi connectivity index (χ2v) is 4.39. The highest BCUT2D eigenvalue weighted by Gasteiger charge is 2.10. The Morgan fingerprint density at radius 1 is 1.21 bits per heavy atom. The number of nitrogens with zero attached hydrogens (tertiary/aromatic N) is 2. The largest absolute Gasteiger partial charge is 0.456 e. The maximum Gasteiger partial charge on any atom is 0.339 e. The van der Waals surface area contributed by atoms with Gasteiger partial charge in [0.1, 0.15) is 13.2 Å². The topological polar surface area (TPSA) is 39.2 Å². The summed E-state index contributed by atoms with van der Waals surface area (Å²) in [6, 6.07) is 3.41. The average Bonchev–Trinajstić information content (AvgIpc) is 2.43. The molecular formula is C15H29N2O2+. The van der Waals surface area contributed by atoms with Crippen molar-refractivity contribution in [1.29, 1.82) is 0 Å². The molecule has 4 nitrogen and oxygen atoms in total. The molecule has 0 spiro atoms. The van der Waals surface area contributed by atoms with Crippen LogP contribution in [0.2, 0.25) is 0 Å². The molecule has 1 heterocycles. The Bertz CT molecular complexity index is 319. The van der Waals surface area contributed by atoms with E-state index in [-0.39, 0.29) is 5.97 Å². The van der Waals surface area contributed by atoms with Gasteiger partial charge in [-0.3, -0.25) is 4.98 Å². The van der Waals surface area contributed by atoms with Gasteiger partial charge in [0, 0.05) is 12.4 Å². The molecule has 0 aromatic carbocycles. The summed E-state index contributed by atoms with van der Waals surface area (Å²) in [7, 11) is 6.16. The van der Waals surface area contributed by atoms with Crippen molar-refractivity contribution in [2.45, 2.75) is 27.7 Å². The molecule has 1 rings (SSSR count). The van der Waals surface area contributed by atoms with Crippen molar-refractivity contribution in [3.63, 3.8) is 0 Å². The summed E-state index contributed by atoms with van der Waals surface area (Å²) in [4.78, 5) is 15.3. The Morgan fingerprint density at radius 3 is 2.21 bits per heavy atom. The first kappa shape index (κ1) is 19.9. The van der Waals surface area contributed by atoms with Gasteiger partial charge in [0.05, 0.1) is 26.7 Å².